The van der Waals surface area contributed by atoms with Crippen LogP contribution in [0.5, 0.6) is 0 Å². The third-order valence-corrected chi connectivity index (χ3v) is 2.81. The number of hydrogen-bond acceptors (Lipinski definition) is 2. The highest BCUT2D eigenvalue weighted by molar-refractivity contribution is 5.72. The zero-order valence-electron chi connectivity index (χ0n) is 9.36. The Morgan fingerprint density at radius 3 is 2.56 bits per heavy atom. The monoisotopic (exact) mass is 208 g/mol. The molecule has 0 aliphatic heterocycles. The van der Waals surface area contributed by atoms with Crippen molar-refractivity contribution in [2.45, 2.75) is 13.8 Å². The van der Waals surface area contributed by atoms with Gasteiger partial charge in [-0.2, -0.15) is 5.26 Å². The van der Waals surface area contributed by atoms with Gasteiger partial charge in [-0.3, -0.25) is 0 Å². The number of rotatable bonds is 1. The number of aromatic nitrogens is 1. The summed E-state index contributed by atoms with van der Waals surface area (Å²) in [5.74, 6) is 0. The average molecular weight is 208 g/mol. The molecular formula is C14H12N2. The molecule has 0 radical (unpaired) electrons. The zero-order valence-corrected chi connectivity index (χ0v) is 9.36. The van der Waals surface area contributed by atoms with Gasteiger partial charge in [-0.05, 0) is 42.7 Å². The van der Waals surface area contributed by atoms with Crippen molar-refractivity contribution in [1.29, 1.82) is 5.26 Å². The molecule has 0 saturated carbocycles. The van der Waals surface area contributed by atoms with Gasteiger partial charge in [0.05, 0.1) is 0 Å². The van der Waals surface area contributed by atoms with Crippen LogP contribution in [0, 0.1) is 25.2 Å². The fourth-order valence-electron chi connectivity index (χ4n) is 1.75. The normalized spacial score (nSPS) is 9.81. The Morgan fingerprint density at radius 2 is 1.81 bits per heavy atom. The highest BCUT2D eigenvalue weighted by Crippen LogP contribution is 2.26. The van der Waals surface area contributed by atoms with Crippen LogP contribution in [0.4, 0.5) is 0 Å². The minimum atomic E-state index is 0.483. The van der Waals surface area contributed by atoms with Crippen molar-refractivity contribution >= 4 is 0 Å². The largest absolute Gasteiger partial charge is 0.245 e. The summed E-state index contributed by atoms with van der Waals surface area (Å²) in [6, 6.07) is 12.0. The summed E-state index contributed by atoms with van der Waals surface area (Å²) in [5, 5.41) is 9.03. The first kappa shape index (κ1) is 10.4. The van der Waals surface area contributed by atoms with Crippen LogP contribution < -0.4 is 0 Å². The van der Waals surface area contributed by atoms with Gasteiger partial charge in [0.2, 0.25) is 0 Å². The summed E-state index contributed by atoms with van der Waals surface area (Å²) < 4.78 is 0. The fraction of sp³-hybridized carbons (Fsp3) is 0.143. The molecule has 0 bridgehead atoms. The van der Waals surface area contributed by atoms with Gasteiger partial charge in [-0.25, -0.2) is 4.98 Å². The van der Waals surface area contributed by atoms with E-state index in [1.807, 2.05) is 24.3 Å². The molecule has 0 unspecified atom stereocenters. The van der Waals surface area contributed by atoms with Crippen molar-refractivity contribution in [3.63, 3.8) is 0 Å². The van der Waals surface area contributed by atoms with Crippen LogP contribution in [0.2, 0.25) is 0 Å². The van der Waals surface area contributed by atoms with Crippen LogP contribution in [-0.2, 0) is 0 Å². The lowest BCUT2D eigenvalue weighted by Gasteiger charge is -2.09. The Hall–Kier alpha value is -2.14. The van der Waals surface area contributed by atoms with E-state index in [0.29, 0.717) is 5.69 Å². The fourth-order valence-corrected chi connectivity index (χ4v) is 1.75. The summed E-state index contributed by atoms with van der Waals surface area (Å²) in [5.41, 5.74) is 4.91. The molecule has 0 saturated heterocycles. The molecule has 2 nitrogen and oxygen atoms in total. The molecule has 2 rings (SSSR count). The molecule has 1 aromatic heterocycles. The molecular weight excluding hydrogens is 196 g/mol. The van der Waals surface area contributed by atoms with Gasteiger partial charge in [-0.1, -0.05) is 18.2 Å². The standard InChI is InChI=1S/C14H12N2/c1-10-5-3-6-12(11(10)2)13-7-4-8-16-14(13)9-15/h3-8H,1-2H3. The van der Waals surface area contributed by atoms with Gasteiger partial charge in [0.15, 0.2) is 0 Å². The molecule has 0 aliphatic rings. The van der Waals surface area contributed by atoms with E-state index in [-0.39, 0.29) is 0 Å². The summed E-state index contributed by atoms with van der Waals surface area (Å²) in [7, 11) is 0. The van der Waals surface area contributed by atoms with Crippen molar-refractivity contribution in [1.82, 2.24) is 4.98 Å². The van der Waals surface area contributed by atoms with Crippen molar-refractivity contribution < 1.29 is 0 Å². The number of benzene rings is 1. The topological polar surface area (TPSA) is 36.7 Å². The van der Waals surface area contributed by atoms with Gasteiger partial charge < -0.3 is 0 Å². The number of nitrogens with zero attached hydrogens (tertiary/aromatic N) is 2. The molecule has 1 aromatic carbocycles. The van der Waals surface area contributed by atoms with Gasteiger partial charge >= 0.3 is 0 Å². The Morgan fingerprint density at radius 1 is 1.06 bits per heavy atom. The third kappa shape index (κ3) is 1.68. The lowest BCUT2D eigenvalue weighted by atomic mass is 9.96. The Labute approximate surface area is 95.2 Å². The second kappa shape index (κ2) is 4.16. The lowest BCUT2D eigenvalue weighted by molar-refractivity contribution is 1.25. The Balaban J connectivity index is 2.69. The number of hydrogen-bond donors (Lipinski definition) is 0. The first-order valence-electron chi connectivity index (χ1n) is 5.15. The maximum Gasteiger partial charge on any atom is 0.148 e. The number of nitriles is 1. The van der Waals surface area contributed by atoms with E-state index in [2.05, 4.69) is 31.0 Å². The van der Waals surface area contributed by atoms with Crippen molar-refractivity contribution in [3.8, 4) is 17.2 Å². The van der Waals surface area contributed by atoms with Crippen LogP contribution in [0.1, 0.15) is 16.8 Å². The number of aryl methyl sites for hydroxylation is 1. The van der Waals surface area contributed by atoms with Gasteiger partial charge in [-0.15, -0.1) is 0 Å². The smallest absolute Gasteiger partial charge is 0.148 e. The summed E-state index contributed by atoms with van der Waals surface area (Å²) in [6.07, 6.45) is 1.65. The second-order valence-electron chi connectivity index (χ2n) is 3.76. The highest BCUT2D eigenvalue weighted by atomic mass is 14.7. The minimum Gasteiger partial charge on any atom is -0.245 e. The first-order chi connectivity index (χ1) is 7.74. The predicted molar refractivity (Wildman–Crippen MR) is 63.9 cm³/mol. The van der Waals surface area contributed by atoms with Gasteiger partial charge in [0.1, 0.15) is 11.8 Å². The van der Waals surface area contributed by atoms with E-state index in [9.17, 15) is 0 Å². The van der Waals surface area contributed by atoms with Crippen LogP contribution in [0.15, 0.2) is 36.5 Å². The maximum absolute atomic E-state index is 9.03. The molecule has 2 heteroatoms. The molecule has 16 heavy (non-hydrogen) atoms. The molecule has 0 spiro atoms. The van der Waals surface area contributed by atoms with E-state index >= 15 is 0 Å². The van der Waals surface area contributed by atoms with Crippen LogP contribution >= 0.6 is 0 Å². The quantitative estimate of drug-likeness (QED) is 0.721. The van der Waals surface area contributed by atoms with E-state index in [4.69, 9.17) is 5.26 Å². The van der Waals surface area contributed by atoms with Crippen molar-refractivity contribution in [2.24, 2.45) is 0 Å². The van der Waals surface area contributed by atoms with Crippen molar-refractivity contribution in [3.05, 3.63) is 53.3 Å². The minimum absolute atomic E-state index is 0.483. The lowest BCUT2D eigenvalue weighted by Crippen LogP contribution is -1.92. The van der Waals surface area contributed by atoms with Crippen molar-refractivity contribution in [2.75, 3.05) is 0 Å². The summed E-state index contributed by atoms with van der Waals surface area (Å²) in [4.78, 5) is 4.08. The van der Waals surface area contributed by atoms with Gasteiger partial charge in [0.25, 0.3) is 0 Å². The SMILES string of the molecule is Cc1cccc(-c2cccnc2C#N)c1C. The summed E-state index contributed by atoms with van der Waals surface area (Å²) >= 11 is 0. The van der Waals surface area contributed by atoms with Crippen LogP contribution in [0.25, 0.3) is 11.1 Å². The van der Waals surface area contributed by atoms with E-state index < -0.39 is 0 Å². The molecule has 1 heterocycles. The molecule has 0 amide bonds. The molecule has 2 aromatic rings. The van der Waals surface area contributed by atoms with Gasteiger partial charge in [0, 0.05) is 11.8 Å². The maximum atomic E-state index is 9.03. The molecule has 0 atom stereocenters. The average Bonchev–Trinajstić information content (AvgIpc) is 2.33. The van der Waals surface area contributed by atoms with Crippen LogP contribution in [-0.4, -0.2) is 4.98 Å². The Bertz CT molecular complexity index is 565. The summed E-state index contributed by atoms with van der Waals surface area (Å²) in [6.45, 7) is 4.14. The second-order valence-corrected chi connectivity index (χ2v) is 3.76. The molecule has 0 aliphatic carbocycles. The van der Waals surface area contributed by atoms with Crippen LogP contribution in [0.3, 0.4) is 0 Å². The highest BCUT2D eigenvalue weighted by Gasteiger charge is 2.08. The Kier molecular flexibility index (Phi) is 2.70. The molecule has 78 valence electrons. The first-order valence-corrected chi connectivity index (χ1v) is 5.15. The zero-order chi connectivity index (χ0) is 11.5. The molecule has 0 fully saturated rings. The van der Waals surface area contributed by atoms with E-state index in [1.165, 1.54) is 11.1 Å². The molecule has 0 N–H and O–H groups in total. The third-order valence-electron chi connectivity index (χ3n) is 2.81. The van der Waals surface area contributed by atoms with E-state index in [1.54, 1.807) is 6.20 Å². The predicted octanol–water partition coefficient (Wildman–Crippen LogP) is 3.24. The number of pyridine rings is 1. The van der Waals surface area contributed by atoms with E-state index in [0.717, 1.165) is 11.1 Å².